The molecule has 0 saturated heterocycles. The summed E-state index contributed by atoms with van der Waals surface area (Å²) in [6, 6.07) is 15.9. The molecule has 0 amide bonds. The molecule has 0 unspecified atom stereocenters. The average Bonchev–Trinajstić information content (AvgIpc) is 3.05. The summed E-state index contributed by atoms with van der Waals surface area (Å²) in [7, 11) is 1.58. The van der Waals surface area contributed by atoms with E-state index in [-0.39, 0.29) is 6.73 Å². The monoisotopic (exact) mass is 362 g/mol. The van der Waals surface area contributed by atoms with Crippen LogP contribution in [0.5, 0.6) is 0 Å². The van der Waals surface area contributed by atoms with E-state index >= 15 is 0 Å². The number of ether oxygens (including phenoxy) is 1. The molecule has 0 saturated carbocycles. The highest BCUT2D eigenvalue weighted by atomic mass is 35.5. The third-order valence-electron chi connectivity index (χ3n) is 3.86. The van der Waals surface area contributed by atoms with Gasteiger partial charge in [0.1, 0.15) is 6.73 Å². The summed E-state index contributed by atoms with van der Waals surface area (Å²) in [5.74, 6) is 0. The van der Waals surface area contributed by atoms with Crippen molar-refractivity contribution in [2.75, 3.05) is 7.11 Å². The van der Waals surface area contributed by atoms with E-state index in [9.17, 15) is 5.11 Å². The van der Waals surface area contributed by atoms with Crippen LogP contribution in [0.4, 0.5) is 0 Å². The molecule has 1 N–H and O–H groups in total. The Labute approximate surface area is 150 Å². The van der Waals surface area contributed by atoms with Gasteiger partial charge in [-0.2, -0.15) is 5.10 Å². The maximum atomic E-state index is 11.7. The molecule has 0 fully saturated rings. The van der Waals surface area contributed by atoms with Crippen LogP contribution in [0, 0.1) is 0 Å². The molecule has 6 heteroatoms. The molecular weight excluding hydrogens is 347 g/mol. The fraction of sp³-hybridized carbons (Fsp3) is 0.167. The van der Waals surface area contributed by atoms with Crippen LogP contribution in [0.2, 0.25) is 10.0 Å². The summed E-state index contributed by atoms with van der Waals surface area (Å²) in [6.07, 6.45) is 1.63. The van der Waals surface area contributed by atoms with Crippen LogP contribution < -0.4 is 0 Å². The van der Waals surface area contributed by atoms with E-state index in [4.69, 9.17) is 27.9 Å². The minimum atomic E-state index is -1.41. The number of hydrogen-bond donors (Lipinski definition) is 1. The van der Waals surface area contributed by atoms with Gasteiger partial charge in [-0.25, -0.2) is 4.68 Å². The number of aliphatic hydroxyl groups is 1. The Morgan fingerprint density at radius 1 is 0.958 bits per heavy atom. The van der Waals surface area contributed by atoms with E-state index in [1.54, 1.807) is 72.6 Å². The van der Waals surface area contributed by atoms with E-state index < -0.39 is 5.60 Å². The Balaban J connectivity index is 2.22. The number of nitrogens with zero attached hydrogens (tertiary/aromatic N) is 2. The first-order valence-corrected chi connectivity index (χ1v) is 8.07. The molecule has 0 atom stereocenters. The van der Waals surface area contributed by atoms with Crippen molar-refractivity contribution in [3.63, 3.8) is 0 Å². The Bertz CT molecular complexity index is 768. The van der Waals surface area contributed by atoms with E-state index in [0.29, 0.717) is 26.9 Å². The number of rotatable bonds is 5. The van der Waals surface area contributed by atoms with Crippen molar-refractivity contribution in [3.05, 3.63) is 87.7 Å². The molecular formula is C18H16Cl2N2O2. The molecule has 0 radical (unpaired) electrons. The number of aromatic nitrogens is 2. The van der Waals surface area contributed by atoms with Gasteiger partial charge in [-0.1, -0.05) is 47.5 Å². The summed E-state index contributed by atoms with van der Waals surface area (Å²) in [4.78, 5) is 0. The van der Waals surface area contributed by atoms with Crippen LogP contribution in [0.25, 0.3) is 0 Å². The van der Waals surface area contributed by atoms with Gasteiger partial charge in [0.15, 0.2) is 5.60 Å². The van der Waals surface area contributed by atoms with Crippen molar-refractivity contribution in [1.29, 1.82) is 0 Å². The molecule has 0 aliphatic carbocycles. The van der Waals surface area contributed by atoms with E-state index in [1.165, 1.54) is 0 Å². The lowest BCUT2D eigenvalue weighted by atomic mass is 9.83. The van der Waals surface area contributed by atoms with E-state index in [2.05, 4.69) is 5.10 Å². The van der Waals surface area contributed by atoms with E-state index in [0.717, 1.165) is 0 Å². The number of benzene rings is 2. The predicted molar refractivity (Wildman–Crippen MR) is 94.2 cm³/mol. The van der Waals surface area contributed by atoms with Gasteiger partial charge >= 0.3 is 0 Å². The van der Waals surface area contributed by atoms with Gasteiger partial charge in [0, 0.05) is 23.4 Å². The molecule has 0 bridgehead atoms. The molecule has 3 aromatic rings. The topological polar surface area (TPSA) is 47.3 Å². The van der Waals surface area contributed by atoms with Crippen molar-refractivity contribution >= 4 is 23.2 Å². The Kier molecular flexibility index (Phi) is 4.92. The molecule has 2 aromatic carbocycles. The molecule has 0 aliphatic rings. The molecule has 0 spiro atoms. The second kappa shape index (κ2) is 6.95. The van der Waals surface area contributed by atoms with E-state index in [1.807, 2.05) is 0 Å². The summed E-state index contributed by atoms with van der Waals surface area (Å²) < 4.78 is 6.79. The Morgan fingerprint density at radius 3 is 1.92 bits per heavy atom. The SMILES string of the molecule is COCn1nccc1C(O)(c1ccc(Cl)cc1)c1ccc(Cl)cc1. The van der Waals surface area contributed by atoms with Crippen molar-refractivity contribution in [2.24, 2.45) is 0 Å². The highest BCUT2D eigenvalue weighted by molar-refractivity contribution is 6.30. The lowest BCUT2D eigenvalue weighted by Crippen LogP contribution is -2.32. The summed E-state index contributed by atoms with van der Waals surface area (Å²) in [5.41, 5.74) is 0.526. The molecule has 4 nitrogen and oxygen atoms in total. The highest BCUT2D eigenvalue weighted by Gasteiger charge is 2.37. The van der Waals surface area contributed by atoms with Crippen molar-refractivity contribution in [2.45, 2.75) is 12.3 Å². The first kappa shape index (κ1) is 17.0. The van der Waals surface area contributed by atoms with Gasteiger partial charge in [0.2, 0.25) is 0 Å². The highest BCUT2D eigenvalue weighted by Crippen LogP contribution is 2.37. The maximum Gasteiger partial charge on any atom is 0.157 e. The van der Waals surface area contributed by atoms with Crippen molar-refractivity contribution in [1.82, 2.24) is 9.78 Å². The number of hydrogen-bond acceptors (Lipinski definition) is 3. The quantitative estimate of drug-likeness (QED) is 0.743. The molecule has 1 heterocycles. The minimum absolute atomic E-state index is 0.228. The van der Waals surface area contributed by atoms with Gasteiger partial charge in [-0.15, -0.1) is 0 Å². The molecule has 0 aliphatic heterocycles. The van der Waals surface area contributed by atoms with Crippen molar-refractivity contribution < 1.29 is 9.84 Å². The van der Waals surface area contributed by atoms with Crippen LogP contribution in [0.1, 0.15) is 16.8 Å². The average molecular weight is 363 g/mol. The van der Waals surface area contributed by atoms with Gasteiger partial charge in [0.05, 0.1) is 5.69 Å². The second-order valence-electron chi connectivity index (χ2n) is 5.36. The van der Waals surface area contributed by atoms with Gasteiger partial charge in [0.25, 0.3) is 0 Å². The maximum absolute atomic E-state index is 11.7. The summed E-state index contributed by atoms with van der Waals surface area (Å²) >= 11 is 12.0. The van der Waals surface area contributed by atoms with Crippen LogP contribution in [-0.4, -0.2) is 22.0 Å². The smallest absolute Gasteiger partial charge is 0.157 e. The van der Waals surface area contributed by atoms with Crippen LogP contribution >= 0.6 is 23.2 Å². The summed E-state index contributed by atoms with van der Waals surface area (Å²) in [6.45, 7) is 0.228. The minimum Gasteiger partial charge on any atom is -0.374 e. The van der Waals surface area contributed by atoms with Crippen LogP contribution in [0.15, 0.2) is 60.8 Å². The lowest BCUT2D eigenvalue weighted by Gasteiger charge is -2.30. The predicted octanol–water partition coefficient (Wildman–Crippen LogP) is 4.08. The second-order valence-corrected chi connectivity index (χ2v) is 6.23. The van der Waals surface area contributed by atoms with Gasteiger partial charge < -0.3 is 9.84 Å². The van der Waals surface area contributed by atoms with Gasteiger partial charge in [-0.3, -0.25) is 0 Å². The normalized spacial score (nSPS) is 11.7. The third kappa shape index (κ3) is 3.06. The third-order valence-corrected chi connectivity index (χ3v) is 4.37. The van der Waals surface area contributed by atoms with Crippen LogP contribution in [0.3, 0.4) is 0 Å². The number of methoxy groups -OCH3 is 1. The van der Waals surface area contributed by atoms with Gasteiger partial charge in [-0.05, 0) is 41.5 Å². The molecule has 124 valence electrons. The fourth-order valence-corrected chi connectivity index (χ4v) is 2.96. The molecule has 24 heavy (non-hydrogen) atoms. The Hall–Kier alpha value is -1.85. The Morgan fingerprint density at radius 2 is 1.46 bits per heavy atom. The van der Waals surface area contributed by atoms with Crippen molar-refractivity contribution in [3.8, 4) is 0 Å². The fourth-order valence-electron chi connectivity index (χ4n) is 2.71. The summed E-state index contributed by atoms with van der Waals surface area (Å²) in [5, 5.41) is 17.1. The zero-order valence-corrected chi connectivity index (χ0v) is 14.5. The molecule has 3 rings (SSSR count). The standard InChI is InChI=1S/C18H16Cl2N2O2/c1-24-12-22-17(10-11-21-22)18(23,13-2-6-15(19)7-3-13)14-4-8-16(20)9-5-14/h2-11,23H,12H2,1H3. The first-order chi connectivity index (χ1) is 11.6. The molecule has 1 aromatic heterocycles. The first-order valence-electron chi connectivity index (χ1n) is 7.31. The zero-order chi connectivity index (χ0) is 17.2. The van der Waals surface area contributed by atoms with Crippen LogP contribution in [-0.2, 0) is 17.1 Å². The number of halogens is 2. The largest absolute Gasteiger partial charge is 0.374 e. The zero-order valence-electron chi connectivity index (χ0n) is 13.0. The lowest BCUT2D eigenvalue weighted by molar-refractivity contribution is 0.0810.